The van der Waals surface area contributed by atoms with E-state index in [1.54, 1.807) is 0 Å². The first kappa shape index (κ1) is 21.3. The van der Waals surface area contributed by atoms with E-state index in [4.69, 9.17) is 9.72 Å². The number of rotatable bonds is 7. The average Bonchev–Trinajstić information content (AvgIpc) is 3.08. The van der Waals surface area contributed by atoms with E-state index in [2.05, 4.69) is 10.2 Å². The van der Waals surface area contributed by atoms with Crippen molar-refractivity contribution in [3.8, 4) is 17.0 Å². The molecular formula is C26H31N3O2. The van der Waals surface area contributed by atoms with Crippen molar-refractivity contribution in [2.75, 3.05) is 32.8 Å². The molecule has 1 aliphatic rings. The Morgan fingerprint density at radius 2 is 1.77 bits per heavy atom. The minimum atomic E-state index is -0.0411. The van der Waals surface area contributed by atoms with Crippen molar-refractivity contribution in [2.45, 2.75) is 32.6 Å². The fourth-order valence-corrected chi connectivity index (χ4v) is 4.18. The molecule has 2 heterocycles. The van der Waals surface area contributed by atoms with Crippen LogP contribution in [0.15, 0.2) is 54.6 Å². The zero-order valence-electron chi connectivity index (χ0n) is 18.3. The van der Waals surface area contributed by atoms with Crippen LogP contribution in [-0.4, -0.2) is 48.6 Å². The number of aromatic nitrogens is 1. The van der Waals surface area contributed by atoms with Gasteiger partial charge < -0.3 is 15.0 Å². The number of hydrogen-bond acceptors (Lipinski definition) is 4. The Balaban J connectivity index is 1.53. The maximum atomic E-state index is 13.1. The number of ether oxygens (including phenoxy) is 1. The molecule has 1 aromatic heterocycles. The highest BCUT2D eigenvalue weighted by atomic mass is 16.5. The molecule has 0 unspecified atom stereocenters. The van der Waals surface area contributed by atoms with Gasteiger partial charge in [-0.15, -0.1) is 0 Å². The number of nitrogens with one attached hydrogen (secondary N) is 1. The number of benzene rings is 2. The highest BCUT2D eigenvalue weighted by Gasteiger charge is 2.15. The first-order valence-electron chi connectivity index (χ1n) is 11.4. The van der Waals surface area contributed by atoms with Gasteiger partial charge in [-0.25, -0.2) is 4.98 Å². The number of fused-ring (bicyclic) bond motifs is 1. The highest BCUT2D eigenvalue weighted by molar-refractivity contribution is 6.07. The fraction of sp³-hybridized carbons (Fsp3) is 0.385. The van der Waals surface area contributed by atoms with Crippen molar-refractivity contribution < 1.29 is 9.53 Å². The summed E-state index contributed by atoms with van der Waals surface area (Å²) in [6.45, 7) is 6.44. The molecule has 0 radical (unpaired) electrons. The van der Waals surface area contributed by atoms with Crippen LogP contribution >= 0.6 is 0 Å². The number of amides is 1. The van der Waals surface area contributed by atoms with Crippen LogP contribution in [0.1, 0.15) is 43.0 Å². The third-order valence-corrected chi connectivity index (χ3v) is 5.83. The molecule has 4 rings (SSSR count). The molecule has 1 aliphatic heterocycles. The summed E-state index contributed by atoms with van der Waals surface area (Å²) in [7, 11) is 0. The number of nitrogens with zero attached hydrogens (tertiary/aromatic N) is 2. The summed E-state index contributed by atoms with van der Waals surface area (Å²) in [5, 5.41) is 4.01. The monoisotopic (exact) mass is 417 g/mol. The van der Waals surface area contributed by atoms with Gasteiger partial charge in [-0.3, -0.25) is 4.79 Å². The van der Waals surface area contributed by atoms with Gasteiger partial charge in [0.2, 0.25) is 0 Å². The molecule has 0 spiro atoms. The van der Waals surface area contributed by atoms with Crippen molar-refractivity contribution in [1.82, 2.24) is 15.2 Å². The lowest BCUT2D eigenvalue weighted by Gasteiger charge is -2.20. The van der Waals surface area contributed by atoms with Crippen molar-refractivity contribution in [1.29, 1.82) is 0 Å². The van der Waals surface area contributed by atoms with Gasteiger partial charge in [0.05, 0.1) is 23.4 Å². The topological polar surface area (TPSA) is 54.5 Å². The Hall–Kier alpha value is -2.92. The Morgan fingerprint density at radius 3 is 2.52 bits per heavy atom. The molecule has 0 saturated carbocycles. The van der Waals surface area contributed by atoms with Crippen LogP contribution in [0.4, 0.5) is 0 Å². The summed E-state index contributed by atoms with van der Waals surface area (Å²) in [5.41, 5.74) is 3.25. The molecule has 0 atom stereocenters. The van der Waals surface area contributed by atoms with Gasteiger partial charge in [-0.05, 0) is 69.3 Å². The fourth-order valence-electron chi connectivity index (χ4n) is 4.18. The maximum Gasteiger partial charge on any atom is 0.252 e. The summed E-state index contributed by atoms with van der Waals surface area (Å²) < 4.78 is 5.54. The third kappa shape index (κ3) is 5.42. The number of pyridine rings is 1. The second kappa shape index (κ2) is 10.4. The van der Waals surface area contributed by atoms with E-state index >= 15 is 0 Å². The average molecular weight is 418 g/mol. The van der Waals surface area contributed by atoms with E-state index in [0.717, 1.165) is 47.5 Å². The molecule has 1 fully saturated rings. The SMILES string of the molecule is CCOc1ccc(-c2cc(C(=O)NCCN3CCCCCC3)c3ccccc3n2)cc1. The van der Waals surface area contributed by atoms with Gasteiger partial charge in [0, 0.05) is 24.0 Å². The first-order chi connectivity index (χ1) is 15.2. The number of carbonyl (C=O) groups is 1. The lowest BCUT2D eigenvalue weighted by molar-refractivity contribution is 0.0950. The van der Waals surface area contributed by atoms with Crippen molar-refractivity contribution >= 4 is 16.8 Å². The molecular weight excluding hydrogens is 386 g/mol. The molecule has 1 amide bonds. The second-order valence-electron chi connectivity index (χ2n) is 8.04. The Kier molecular flexibility index (Phi) is 7.15. The molecule has 0 bridgehead atoms. The molecule has 31 heavy (non-hydrogen) atoms. The summed E-state index contributed by atoms with van der Waals surface area (Å²) in [4.78, 5) is 20.4. The molecule has 2 aromatic carbocycles. The van der Waals surface area contributed by atoms with Gasteiger partial charge in [-0.1, -0.05) is 31.0 Å². The predicted molar refractivity (Wildman–Crippen MR) is 126 cm³/mol. The Morgan fingerprint density at radius 1 is 1.03 bits per heavy atom. The van der Waals surface area contributed by atoms with Gasteiger partial charge >= 0.3 is 0 Å². The van der Waals surface area contributed by atoms with E-state index in [9.17, 15) is 4.79 Å². The van der Waals surface area contributed by atoms with Gasteiger partial charge in [0.25, 0.3) is 5.91 Å². The zero-order chi connectivity index (χ0) is 21.5. The van der Waals surface area contributed by atoms with Crippen LogP contribution in [0.2, 0.25) is 0 Å². The molecule has 162 valence electrons. The Labute approximate surface area is 184 Å². The number of carbonyl (C=O) groups excluding carboxylic acids is 1. The van der Waals surface area contributed by atoms with Gasteiger partial charge in [0.15, 0.2) is 0 Å². The standard InChI is InChI=1S/C26H31N3O2/c1-2-31-21-13-11-20(12-14-21)25-19-23(22-9-5-6-10-24(22)28-25)26(30)27-15-18-29-16-7-3-4-8-17-29/h5-6,9-14,19H,2-4,7-8,15-18H2,1H3,(H,27,30). The van der Waals surface area contributed by atoms with E-state index in [-0.39, 0.29) is 5.91 Å². The summed E-state index contributed by atoms with van der Waals surface area (Å²) in [5.74, 6) is 0.791. The predicted octanol–water partition coefficient (Wildman–Crippen LogP) is 4.91. The number of hydrogen-bond donors (Lipinski definition) is 1. The Bertz CT molecular complexity index is 1010. The van der Waals surface area contributed by atoms with E-state index in [1.807, 2.05) is 61.5 Å². The normalized spacial score (nSPS) is 14.9. The molecule has 5 heteroatoms. The zero-order valence-corrected chi connectivity index (χ0v) is 18.3. The van der Waals surface area contributed by atoms with Crippen LogP contribution in [0.3, 0.4) is 0 Å². The quantitative estimate of drug-likeness (QED) is 0.594. The van der Waals surface area contributed by atoms with Crippen LogP contribution in [0.5, 0.6) is 5.75 Å². The highest BCUT2D eigenvalue weighted by Crippen LogP contribution is 2.26. The van der Waals surface area contributed by atoms with Gasteiger partial charge in [-0.2, -0.15) is 0 Å². The molecule has 5 nitrogen and oxygen atoms in total. The van der Waals surface area contributed by atoms with Crippen molar-refractivity contribution in [2.24, 2.45) is 0 Å². The van der Waals surface area contributed by atoms with Crippen LogP contribution in [-0.2, 0) is 0 Å². The van der Waals surface area contributed by atoms with Crippen LogP contribution in [0, 0.1) is 0 Å². The third-order valence-electron chi connectivity index (χ3n) is 5.83. The lowest BCUT2D eigenvalue weighted by Crippen LogP contribution is -2.35. The smallest absolute Gasteiger partial charge is 0.252 e. The largest absolute Gasteiger partial charge is 0.494 e. The minimum Gasteiger partial charge on any atom is -0.494 e. The second-order valence-corrected chi connectivity index (χ2v) is 8.04. The molecule has 1 saturated heterocycles. The number of likely N-dealkylation sites (tertiary alicyclic amines) is 1. The molecule has 0 aliphatic carbocycles. The van der Waals surface area contributed by atoms with Gasteiger partial charge in [0.1, 0.15) is 5.75 Å². The summed E-state index contributed by atoms with van der Waals surface area (Å²) in [6.07, 6.45) is 5.16. The van der Waals surface area contributed by atoms with Crippen molar-refractivity contribution in [3.63, 3.8) is 0 Å². The summed E-state index contributed by atoms with van der Waals surface area (Å²) >= 11 is 0. The first-order valence-corrected chi connectivity index (χ1v) is 11.4. The maximum absolute atomic E-state index is 13.1. The molecule has 3 aromatic rings. The van der Waals surface area contributed by atoms with Crippen molar-refractivity contribution in [3.05, 3.63) is 60.2 Å². The molecule has 1 N–H and O–H groups in total. The van der Waals surface area contributed by atoms with Crippen LogP contribution < -0.4 is 10.1 Å². The van der Waals surface area contributed by atoms with E-state index in [0.29, 0.717) is 18.7 Å². The minimum absolute atomic E-state index is 0.0411. The van der Waals surface area contributed by atoms with E-state index in [1.165, 1.54) is 25.7 Å². The van der Waals surface area contributed by atoms with Crippen LogP contribution in [0.25, 0.3) is 22.2 Å². The lowest BCUT2D eigenvalue weighted by atomic mass is 10.0. The summed E-state index contributed by atoms with van der Waals surface area (Å²) in [6, 6.07) is 17.6. The van der Waals surface area contributed by atoms with E-state index < -0.39 is 0 Å². The number of para-hydroxylation sites is 1.